The van der Waals surface area contributed by atoms with E-state index < -0.39 is 29.2 Å². The van der Waals surface area contributed by atoms with E-state index in [0.29, 0.717) is 63.0 Å². The van der Waals surface area contributed by atoms with Crippen LogP contribution < -0.4 is 4.74 Å². The molecule has 15 heteroatoms. The summed E-state index contributed by atoms with van der Waals surface area (Å²) in [4.78, 5) is 42.4. The molecule has 4 rings (SSSR count). The lowest BCUT2D eigenvalue weighted by molar-refractivity contribution is 0.0523. The molecule has 0 bridgehead atoms. The molecule has 12 nitrogen and oxygen atoms in total. The fourth-order valence-corrected chi connectivity index (χ4v) is 11.1. The average molecular weight is 921 g/mol. The van der Waals surface area contributed by atoms with Gasteiger partial charge in [0, 0.05) is 36.5 Å². The Labute approximate surface area is 371 Å². The van der Waals surface area contributed by atoms with Gasteiger partial charge in [-0.15, -0.1) is 0 Å². The maximum Gasteiger partial charge on any atom is 0.342 e. The number of rotatable bonds is 24. The van der Waals surface area contributed by atoms with Crippen LogP contribution in [0.25, 0.3) is 0 Å². The lowest BCUT2D eigenvalue weighted by Gasteiger charge is -2.22. The van der Waals surface area contributed by atoms with Gasteiger partial charge in [-0.05, 0) is 134 Å². The van der Waals surface area contributed by atoms with Crippen molar-refractivity contribution in [1.82, 2.24) is 0 Å². The molecule has 2 aromatic rings. The maximum absolute atomic E-state index is 12.7. The largest absolute Gasteiger partial charge is 0.507 e. The molecule has 0 radical (unpaired) electrons. The minimum Gasteiger partial charge on any atom is -0.507 e. The standard InChI is InChI=1S/C28H47O6PSi.C19H27O6P/c1-9-23-22(5)25-20-32-28(29)26(25)27(31-17-19-36(6,7)8)24(23)16-15-21(4)14-12-13-18-35(30,33-10-2)34-11-3;1-4-14-13(3)16-11-25-19(21)17(16)18(20)15(14)9-8-12(2)7-5-6-10-26(22,23)24/h15H,9-14,16-20H2,1-8H3;8,20H,4-7,9-11H2,1-3H3,(H2,22,23,24)/b21-15+;12-8+. The fraction of sp³-hybridized carbons (Fsp3) is 0.617. The summed E-state index contributed by atoms with van der Waals surface area (Å²) in [6.45, 7) is 25.0. The molecule has 0 unspecified atom stereocenters. The maximum atomic E-state index is 12.7. The Bertz CT molecular complexity index is 2030. The van der Waals surface area contributed by atoms with E-state index >= 15 is 0 Å². The summed E-state index contributed by atoms with van der Waals surface area (Å²) in [5, 5.41) is 10.6. The van der Waals surface area contributed by atoms with Crippen LogP contribution in [-0.4, -0.2) is 67.1 Å². The first-order chi connectivity index (χ1) is 29.1. The average Bonchev–Trinajstić information content (AvgIpc) is 3.78. The lowest BCUT2D eigenvalue weighted by Crippen LogP contribution is -2.23. The van der Waals surface area contributed by atoms with Gasteiger partial charge in [0.25, 0.3) is 0 Å². The van der Waals surface area contributed by atoms with Crippen molar-refractivity contribution >= 4 is 35.2 Å². The Morgan fingerprint density at radius 2 is 1.18 bits per heavy atom. The monoisotopic (exact) mass is 920 g/mol. The molecule has 0 atom stereocenters. The number of allylic oxidation sites excluding steroid dienone is 4. The number of unbranched alkanes of at least 4 members (excludes halogenated alkanes) is 2. The minimum absolute atomic E-state index is 0.0236. The van der Waals surface area contributed by atoms with Crippen LogP contribution in [0, 0.1) is 13.8 Å². The van der Waals surface area contributed by atoms with Crippen LogP contribution in [0.1, 0.15) is 145 Å². The summed E-state index contributed by atoms with van der Waals surface area (Å²) in [5.41, 5.74) is 11.4. The van der Waals surface area contributed by atoms with E-state index in [1.165, 1.54) is 11.1 Å². The molecule has 0 fully saturated rings. The number of phenolic OH excluding ortho intramolecular Hbond substituents is 1. The summed E-state index contributed by atoms with van der Waals surface area (Å²) in [7, 11) is -8.17. The molecule has 348 valence electrons. The summed E-state index contributed by atoms with van der Waals surface area (Å²) < 4.78 is 51.2. The number of cyclic esters (lactones) is 2. The van der Waals surface area contributed by atoms with Crippen LogP contribution in [0.3, 0.4) is 0 Å². The molecule has 0 saturated heterocycles. The first kappa shape index (κ1) is 53.3. The van der Waals surface area contributed by atoms with Crippen LogP contribution in [0.4, 0.5) is 0 Å². The number of benzene rings is 2. The molecule has 2 heterocycles. The zero-order valence-electron chi connectivity index (χ0n) is 39.3. The van der Waals surface area contributed by atoms with Crippen molar-refractivity contribution in [3.8, 4) is 11.5 Å². The Morgan fingerprint density at radius 1 is 0.710 bits per heavy atom. The second-order valence-electron chi connectivity index (χ2n) is 17.5. The normalized spacial score (nSPS) is 14.3. The zero-order valence-corrected chi connectivity index (χ0v) is 42.1. The molecular weight excluding hydrogens is 847 g/mol. The molecule has 0 aliphatic carbocycles. The molecule has 62 heavy (non-hydrogen) atoms. The second-order valence-corrected chi connectivity index (χ2v) is 27.1. The number of carbonyl (C=O) groups is 2. The molecule has 3 N–H and O–H groups in total. The smallest absolute Gasteiger partial charge is 0.342 e. The van der Waals surface area contributed by atoms with Crippen molar-refractivity contribution in [3.63, 3.8) is 0 Å². The van der Waals surface area contributed by atoms with Crippen molar-refractivity contribution in [2.45, 2.75) is 158 Å². The van der Waals surface area contributed by atoms with Crippen LogP contribution in [-0.2, 0) is 66.5 Å². The molecule has 2 aromatic carbocycles. The lowest BCUT2D eigenvalue weighted by atomic mass is 9.89. The second kappa shape index (κ2) is 24.3. The van der Waals surface area contributed by atoms with Gasteiger partial charge in [0.05, 0.1) is 26.0 Å². The van der Waals surface area contributed by atoms with Gasteiger partial charge in [-0.3, -0.25) is 9.13 Å². The van der Waals surface area contributed by atoms with Gasteiger partial charge in [-0.1, -0.05) is 56.8 Å². The summed E-state index contributed by atoms with van der Waals surface area (Å²) in [5.74, 6) is 0.0125. The first-order valence-corrected chi connectivity index (χ1v) is 29.6. The van der Waals surface area contributed by atoms with Crippen molar-refractivity contribution in [1.29, 1.82) is 0 Å². The molecular formula is C47H74O12P2Si. The Morgan fingerprint density at radius 3 is 1.66 bits per heavy atom. The van der Waals surface area contributed by atoms with E-state index in [0.717, 1.165) is 101 Å². The molecule has 0 saturated carbocycles. The summed E-state index contributed by atoms with van der Waals surface area (Å²) in [6.07, 6.45) is 12.0. The van der Waals surface area contributed by atoms with Gasteiger partial charge in [0.1, 0.15) is 35.8 Å². The summed E-state index contributed by atoms with van der Waals surface area (Å²) in [6, 6.07) is 1.04. The van der Waals surface area contributed by atoms with Gasteiger partial charge in [0.15, 0.2) is 0 Å². The Kier molecular flexibility index (Phi) is 20.9. The van der Waals surface area contributed by atoms with E-state index in [2.05, 4.69) is 46.5 Å². The molecule has 0 amide bonds. The minimum atomic E-state index is -3.92. The number of carbonyl (C=O) groups excluding carboxylic acids is 2. The Balaban J connectivity index is 0.000000348. The van der Waals surface area contributed by atoms with E-state index in [4.69, 9.17) is 33.0 Å². The van der Waals surface area contributed by atoms with E-state index in [1.54, 1.807) is 0 Å². The number of hydrogen-bond donors (Lipinski definition) is 3. The molecule has 2 aliphatic heterocycles. The number of hydrogen-bond acceptors (Lipinski definition) is 10. The predicted octanol–water partition coefficient (Wildman–Crippen LogP) is 11.6. The van der Waals surface area contributed by atoms with Crippen molar-refractivity contribution in [2.75, 3.05) is 32.1 Å². The highest BCUT2D eigenvalue weighted by molar-refractivity contribution is 7.53. The van der Waals surface area contributed by atoms with Crippen LogP contribution in [0.5, 0.6) is 11.5 Å². The van der Waals surface area contributed by atoms with Crippen LogP contribution >= 0.6 is 15.2 Å². The van der Waals surface area contributed by atoms with Crippen molar-refractivity contribution in [3.05, 3.63) is 78.9 Å². The quantitative estimate of drug-likeness (QED) is 0.0299. The number of ether oxygens (including phenoxy) is 3. The van der Waals surface area contributed by atoms with Gasteiger partial charge >= 0.3 is 27.1 Å². The highest BCUT2D eigenvalue weighted by atomic mass is 31.2. The number of esters is 2. The third kappa shape index (κ3) is 15.3. The number of phenols is 1. The third-order valence-corrected chi connectivity index (χ3v) is 16.3. The fourth-order valence-electron chi connectivity index (χ4n) is 8.03. The van der Waals surface area contributed by atoms with E-state index in [9.17, 15) is 23.8 Å². The van der Waals surface area contributed by atoms with E-state index in [-0.39, 0.29) is 24.5 Å². The van der Waals surface area contributed by atoms with Gasteiger partial charge < -0.3 is 38.2 Å². The molecule has 2 aliphatic rings. The van der Waals surface area contributed by atoms with Gasteiger partial charge in [0.2, 0.25) is 0 Å². The molecule has 0 aromatic heterocycles. The number of fused-ring (bicyclic) bond motifs is 2. The van der Waals surface area contributed by atoms with Crippen molar-refractivity contribution in [2.24, 2.45) is 0 Å². The zero-order chi connectivity index (χ0) is 46.4. The van der Waals surface area contributed by atoms with Crippen LogP contribution in [0.2, 0.25) is 25.7 Å². The van der Waals surface area contributed by atoms with Gasteiger partial charge in [-0.2, -0.15) is 0 Å². The van der Waals surface area contributed by atoms with Crippen molar-refractivity contribution < 1.29 is 56.9 Å². The first-order valence-electron chi connectivity index (χ1n) is 22.4. The Hall–Kier alpha value is -3.02. The topological polar surface area (TPSA) is 175 Å². The highest BCUT2D eigenvalue weighted by Crippen LogP contribution is 2.49. The molecule has 0 spiro atoms. The predicted molar refractivity (Wildman–Crippen MR) is 250 cm³/mol. The van der Waals surface area contributed by atoms with Gasteiger partial charge in [-0.25, -0.2) is 9.59 Å². The SMILES string of the molecule is CCOP(=O)(CCCC/C(C)=C/Cc1c(CC)c(C)c2c(c1OCC[Si](C)(C)C)C(=O)OC2)OCC.CCc1c(C)c2c(c(O)c1C/C=C(\C)CCCCP(=O)(O)O)C(=O)OC2. The number of aromatic hydroxyl groups is 1. The highest BCUT2D eigenvalue weighted by Gasteiger charge is 2.33. The summed E-state index contributed by atoms with van der Waals surface area (Å²) >= 11 is 0. The van der Waals surface area contributed by atoms with Crippen LogP contribution in [0.15, 0.2) is 23.3 Å². The van der Waals surface area contributed by atoms with E-state index in [1.807, 2.05) is 40.7 Å². The third-order valence-electron chi connectivity index (χ3n) is 11.6.